The molecule has 0 aromatic heterocycles. The second-order valence-corrected chi connectivity index (χ2v) is 0. The van der Waals surface area contributed by atoms with Crippen molar-refractivity contribution in [1.82, 2.24) is 0 Å². The van der Waals surface area contributed by atoms with Crippen molar-refractivity contribution in [3.05, 3.63) is 0 Å². The van der Waals surface area contributed by atoms with E-state index in [2.05, 4.69) is 0 Å². The van der Waals surface area contributed by atoms with Crippen molar-refractivity contribution in [3.8, 4) is 0 Å². The van der Waals surface area contributed by atoms with Gasteiger partial charge in [0.15, 0.2) is 0 Å². The summed E-state index contributed by atoms with van der Waals surface area (Å²) in [5.74, 6) is 0. The molecule has 0 aromatic rings. The van der Waals surface area contributed by atoms with E-state index in [0.29, 0.717) is 0 Å². The third kappa shape index (κ3) is 8.91. The van der Waals surface area contributed by atoms with Gasteiger partial charge in [0.05, 0.1) is 0 Å². The molecule has 0 radical (unpaired) electrons. The molecule has 0 heterocycles. The van der Waals surface area contributed by atoms with Crippen LogP contribution in [0.25, 0.3) is 0 Å². The van der Waals surface area contributed by atoms with E-state index in [4.69, 9.17) is 0 Å². The van der Waals surface area contributed by atoms with Gasteiger partial charge in [0.25, 0.3) is 0 Å². The molecule has 0 saturated carbocycles. The van der Waals surface area contributed by atoms with E-state index in [1.54, 1.807) is 0 Å². The first-order valence-corrected chi connectivity index (χ1v) is 0. The summed E-state index contributed by atoms with van der Waals surface area (Å²) in [6, 6.07) is 0. The fourth-order valence-corrected chi connectivity index (χ4v) is 0. The minimum absolute atomic E-state index is 0. The van der Waals surface area contributed by atoms with E-state index in [0.717, 1.165) is 0 Å². The quantitative estimate of drug-likeness (QED) is 0.398. The van der Waals surface area contributed by atoms with Gasteiger partial charge in [-0.05, 0) is 0 Å². The molecule has 4 heavy (non-hydrogen) atoms. The normalized spacial score (nSPS) is 0. The van der Waals surface area contributed by atoms with E-state index in [1.165, 1.54) is 0 Å². The molecule has 0 aliphatic rings. The Kier molecular flexibility index (Phi) is 169. The van der Waals surface area contributed by atoms with Crippen LogP contribution in [0.2, 0.25) is 0 Å². The van der Waals surface area contributed by atoms with Crippen molar-refractivity contribution in [2.24, 2.45) is 0 Å². The molecule has 1 nitrogen and oxygen atoms in total. The monoisotopic (exact) mass is 344 g/mol. The summed E-state index contributed by atoms with van der Waals surface area (Å²) in [4.78, 5) is 0. The molecule has 0 aliphatic heterocycles. The first-order valence-electron chi connectivity index (χ1n) is 0. The molecule has 0 fully saturated rings. The fraction of sp³-hybridized carbons (Fsp3) is 0. The summed E-state index contributed by atoms with van der Waals surface area (Å²) in [7, 11) is 0. The van der Waals surface area contributed by atoms with Crippen LogP contribution < -0.4 is 0 Å². The van der Waals surface area contributed by atoms with Gasteiger partial charge >= 0.3 is 66.8 Å². The van der Waals surface area contributed by atoms with Crippen molar-refractivity contribution in [2.45, 2.75) is 0 Å². The van der Waals surface area contributed by atoms with E-state index in [9.17, 15) is 0 Å². The first kappa shape index (κ1) is 35.2. The average Bonchev–Trinajstić information content (AvgIpc) is 0. The SMILES string of the molecule is O.[AsH3].[SbH3].[SbH3]. The van der Waals surface area contributed by atoms with Crippen molar-refractivity contribution in [2.75, 3.05) is 0 Å². The molecule has 1 unspecified atom stereocenters. The summed E-state index contributed by atoms with van der Waals surface area (Å²) < 4.78 is 0. The van der Waals surface area contributed by atoms with Crippen LogP contribution in [0.1, 0.15) is 0 Å². The van der Waals surface area contributed by atoms with Gasteiger partial charge in [0.2, 0.25) is 0 Å². The number of hydrogen-bond donors (Lipinski definition) is 0. The molecule has 0 bridgehead atoms. The minimum atomic E-state index is 0. The maximum absolute atomic E-state index is 0. The Morgan fingerprint density at radius 2 is 0.750 bits per heavy atom. The predicted octanol–water partition coefficient (Wildman–Crippen LogP) is -4.38. The van der Waals surface area contributed by atoms with Gasteiger partial charge < -0.3 is 5.48 Å². The van der Waals surface area contributed by atoms with E-state index < -0.39 is 0 Å². The third-order valence-corrected chi connectivity index (χ3v) is 0. The Bertz CT molecular complexity index is 6.00. The molecule has 0 aliphatic carbocycles. The van der Waals surface area contributed by atoms with Gasteiger partial charge in [-0.3, -0.25) is 0 Å². The molecular formula is H11AsOSb2. The second kappa shape index (κ2) is 19.2. The summed E-state index contributed by atoms with van der Waals surface area (Å²) in [5.41, 5.74) is 0. The van der Waals surface area contributed by atoms with Crippen LogP contribution in [-0.2, 0) is 0 Å². The zero-order valence-electron chi connectivity index (χ0n) is 2.62. The Labute approximate surface area is 71.4 Å². The Morgan fingerprint density at radius 3 is 0.750 bits per heavy atom. The van der Waals surface area contributed by atoms with Crippen LogP contribution >= 0.6 is 0 Å². The molecule has 4 heteroatoms. The first-order chi connectivity index (χ1) is 0. The molecule has 0 spiro atoms. The zero-order chi connectivity index (χ0) is 0. The molecule has 1 atom stereocenters. The molecule has 32 valence electrons. The standard InChI is InChI=1S/AsH3.H2O.2Sb.6H/h1H3;1H2;;;;;;;;. The van der Waals surface area contributed by atoms with Gasteiger partial charge in [-0.1, -0.05) is 0 Å². The topological polar surface area (TPSA) is 31.5 Å². The molecule has 0 amide bonds. The van der Waals surface area contributed by atoms with Gasteiger partial charge in [-0.25, -0.2) is 0 Å². The fourth-order valence-electron chi connectivity index (χ4n) is 0. The molecule has 0 rings (SSSR count). The second-order valence-electron chi connectivity index (χ2n) is 0. The van der Waals surface area contributed by atoms with Crippen LogP contribution in [0.3, 0.4) is 0 Å². The van der Waals surface area contributed by atoms with E-state index >= 15 is 0 Å². The van der Waals surface area contributed by atoms with Crippen molar-refractivity contribution >= 4 is 66.8 Å². The van der Waals surface area contributed by atoms with Crippen LogP contribution in [0.4, 0.5) is 0 Å². The van der Waals surface area contributed by atoms with E-state index in [1.807, 2.05) is 0 Å². The van der Waals surface area contributed by atoms with Gasteiger partial charge in [-0.2, -0.15) is 0 Å². The third-order valence-electron chi connectivity index (χ3n) is 0. The average molecular weight is 346 g/mol. The zero-order valence-corrected chi connectivity index (χ0v) is 13.7. The number of hydrogen-bond acceptors (Lipinski definition) is 0. The Balaban J connectivity index is 0. The summed E-state index contributed by atoms with van der Waals surface area (Å²) >= 11 is 0. The van der Waals surface area contributed by atoms with Gasteiger partial charge in [0.1, 0.15) is 0 Å². The summed E-state index contributed by atoms with van der Waals surface area (Å²) in [5, 5.41) is 0. The van der Waals surface area contributed by atoms with Crippen LogP contribution in [0, 0.1) is 0 Å². The molecule has 2 N–H and O–H groups in total. The van der Waals surface area contributed by atoms with Gasteiger partial charge in [-0.15, -0.1) is 0 Å². The van der Waals surface area contributed by atoms with Crippen molar-refractivity contribution in [3.63, 3.8) is 0 Å². The van der Waals surface area contributed by atoms with Crippen molar-refractivity contribution in [1.29, 1.82) is 0 Å². The Morgan fingerprint density at radius 1 is 0.750 bits per heavy atom. The van der Waals surface area contributed by atoms with Crippen LogP contribution in [0.5, 0.6) is 0 Å². The predicted molar refractivity (Wildman–Crippen MR) is 33.4 cm³/mol. The number of rotatable bonds is 0. The maximum atomic E-state index is 0. The van der Waals surface area contributed by atoms with Gasteiger partial charge in [0, 0.05) is 0 Å². The molecule has 0 aromatic carbocycles. The Hall–Kier alpha value is 2.15. The van der Waals surface area contributed by atoms with E-state index in [-0.39, 0.29) is 72.3 Å². The molecular weight excluding hydrogens is 334 g/mol. The van der Waals surface area contributed by atoms with Crippen LogP contribution in [-0.4, -0.2) is 72.3 Å². The summed E-state index contributed by atoms with van der Waals surface area (Å²) in [6.45, 7) is 0. The molecule has 0 saturated heterocycles. The summed E-state index contributed by atoms with van der Waals surface area (Å²) in [6.07, 6.45) is 0. The van der Waals surface area contributed by atoms with Crippen molar-refractivity contribution < 1.29 is 5.48 Å². The van der Waals surface area contributed by atoms with Crippen LogP contribution in [0.15, 0.2) is 0 Å².